The number of hydrogen-bond acceptors (Lipinski definition) is 5. The van der Waals surface area contributed by atoms with Crippen LogP contribution in [0.1, 0.15) is 6.92 Å². The maximum atomic E-state index is 12.7. The number of likely N-dealkylation sites (N-methyl/N-ethyl adjacent to an activating group) is 1. The molecule has 0 aromatic heterocycles. The minimum Gasteiger partial charge on any atom is -0.486 e. The summed E-state index contributed by atoms with van der Waals surface area (Å²) < 4.78 is 37.4. The highest BCUT2D eigenvalue weighted by atomic mass is 32.2. The van der Waals surface area contributed by atoms with Crippen molar-refractivity contribution >= 4 is 27.3 Å². The van der Waals surface area contributed by atoms with Gasteiger partial charge in [-0.1, -0.05) is 18.2 Å². The van der Waals surface area contributed by atoms with Crippen LogP contribution in [0.2, 0.25) is 0 Å². The maximum absolute atomic E-state index is 12.7. The van der Waals surface area contributed by atoms with Crippen molar-refractivity contribution < 1.29 is 22.7 Å². The van der Waals surface area contributed by atoms with Crippen LogP contribution in [0.3, 0.4) is 0 Å². The van der Waals surface area contributed by atoms with E-state index in [1.54, 1.807) is 44.3 Å². The third-order valence-corrected chi connectivity index (χ3v) is 6.05. The van der Waals surface area contributed by atoms with Crippen LogP contribution in [0.15, 0.2) is 48.5 Å². The van der Waals surface area contributed by atoms with Crippen LogP contribution in [-0.4, -0.2) is 46.9 Å². The number of sulfonamides is 1. The third-order valence-electron chi connectivity index (χ3n) is 4.31. The summed E-state index contributed by atoms with van der Waals surface area (Å²) >= 11 is 0. The van der Waals surface area contributed by atoms with Gasteiger partial charge < -0.3 is 14.4 Å². The van der Waals surface area contributed by atoms with Gasteiger partial charge in [0.1, 0.15) is 19.8 Å². The van der Waals surface area contributed by atoms with Gasteiger partial charge in [-0.3, -0.25) is 9.10 Å². The van der Waals surface area contributed by atoms with E-state index in [0.717, 1.165) is 4.31 Å². The first-order valence-corrected chi connectivity index (χ1v) is 10.2. The molecule has 0 saturated heterocycles. The topological polar surface area (TPSA) is 76.2 Å². The van der Waals surface area contributed by atoms with E-state index in [4.69, 9.17) is 9.47 Å². The van der Waals surface area contributed by atoms with Gasteiger partial charge in [-0.2, -0.15) is 0 Å². The van der Waals surface area contributed by atoms with Crippen molar-refractivity contribution in [3.63, 3.8) is 0 Å². The van der Waals surface area contributed by atoms with E-state index in [-0.39, 0.29) is 18.2 Å². The quantitative estimate of drug-likeness (QED) is 0.756. The number of nitrogens with zero attached hydrogens (tertiary/aromatic N) is 2. The molecule has 0 unspecified atom stereocenters. The summed E-state index contributed by atoms with van der Waals surface area (Å²) in [4.78, 5) is 14.2. The molecule has 27 heavy (non-hydrogen) atoms. The number of carbonyl (C=O) groups is 1. The van der Waals surface area contributed by atoms with Crippen molar-refractivity contribution in [3.8, 4) is 11.5 Å². The SMILES string of the molecule is CCS(=O)(=O)N(CC(=O)N(C)c1ccccc1)c1ccc2c(c1)OCCO2. The summed E-state index contributed by atoms with van der Waals surface area (Å²) in [6, 6.07) is 14.0. The van der Waals surface area contributed by atoms with E-state index < -0.39 is 10.0 Å². The lowest BCUT2D eigenvalue weighted by molar-refractivity contribution is -0.116. The van der Waals surface area contributed by atoms with Crippen LogP contribution in [0.5, 0.6) is 11.5 Å². The highest BCUT2D eigenvalue weighted by molar-refractivity contribution is 7.92. The summed E-state index contributed by atoms with van der Waals surface area (Å²) in [5.74, 6) is 0.572. The number of anilines is 2. The van der Waals surface area contributed by atoms with Crippen molar-refractivity contribution in [2.45, 2.75) is 6.92 Å². The number of benzene rings is 2. The van der Waals surface area contributed by atoms with Crippen molar-refractivity contribution in [2.75, 3.05) is 41.8 Å². The standard InChI is InChI=1S/C19H22N2O5S/c1-3-27(23,24)21(14-19(22)20(2)15-7-5-4-6-8-15)16-9-10-17-18(13-16)26-12-11-25-17/h4-10,13H,3,11-12,14H2,1-2H3. The fourth-order valence-corrected chi connectivity index (χ4v) is 3.77. The van der Waals surface area contributed by atoms with Crippen molar-refractivity contribution in [2.24, 2.45) is 0 Å². The van der Waals surface area contributed by atoms with Gasteiger partial charge in [-0.15, -0.1) is 0 Å². The third kappa shape index (κ3) is 4.16. The van der Waals surface area contributed by atoms with Gasteiger partial charge in [0.2, 0.25) is 15.9 Å². The Bertz CT molecular complexity index is 915. The molecule has 1 heterocycles. The lowest BCUT2D eigenvalue weighted by Crippen LogP contribution is -2.42. The van der Waals surface area contributed by atoms with Gasteiger partial charge in [-0.25, -0.2) is 8.42 Å². The van der Waals surface area contributed by atoms with E-state index in [1.807, 2.05) is 18.2 Å². The fourth-order valence-electron chi connectivity index (χ4n) is 2.72. The number of fused-ring (bicyclic) bond motifs is 1. The first-order valence-electron chi connectivity index (χ1n) is 8.64. The van der Waals surface area contributed by atoms with E-state index in [2.05, 4.69) is 0 Å². The normalized spacial score (nSPS) is 13.1. The number of rotatable bonds is 6. The van der Waals surface area contributed by atoms with Gasteiger partial charge in [-0.05, 0) is 31.2 Å². The van der Waals surface area contributed by atoms with Crippen LogP contribution in [0.25, 0.3) is 0 Å². The minimum absolute atomic E-state index is 0.121. The first kappa shape index (κ1) is 19.0. The molecule has 0 aliphatic carbocycles. The molecule has 7 nitrogen and oxygen atoms in total. The lowest BCUT2D eigenvalue weighted by atomic mass is 10.2. The molecular weight excluding hydrogens is 368 g/mol. The molecule has 2 aromatic rings. The van der Waals surface area contributed by atoms with Crippen LogP contribution >= 0.6 is 0 Å². The van der Waals surface area contributed by atoms with Gasteiger partial charge in [0.05, 0.1) is 11.4 Å². The number of hydrogen-bond donors (Lipinski definition) is 0. The van der Waals surface area contributed by atoms with Crippen LogP contribution < -0.4 is 18.7 Å². The lowest BCUT2D eigenvalue weighted by Gasteiger charge is -2.27. The molecule has 0 bridgehead atoms. The highest BCUT2D eigenvalue weighted by Crippen LogP contribution is 2.35. The number of ether oxygens (including phenoxy) is 2. The predicted octanol–water partition coefficient (Wildman–Crippen LogP) is 2.28. The maximum Gasteiger partial charge on any atom is 0.247 e. The molecule has 0 atom stereocenters. The Hall–Kier alpha value is -2.74. The van der Waals surface area contributed by atoms with E-state index in [0.29, 0.717) is 36.1 Å². The second-order valence-electron chi connectivity index (χ2n) is 6.02. The second-order valence-corrected chi connectivity index (χ2v) is 8.21. The van der Waals surface area contributed by atoms with Crippen molar-refractivity contribution in [3.05, 3.63) is 48.5 Å². The molecule has 3 rings (SSSR count). The Labute approximate surface area is 159 Å². The number of amides is 1. The highest BCUT2D eigenvalue weighted by Gasteiger charge is 2.27. The Balaban J connectivity index is 1.90. The van der Waals surface area contributed by atoms with Crippen LogP contribution in [0.4, 0.5) is 11.4 Å². The summed E-state index contributed by atoms with van der Waals surface area (Å²) in [5, 5.41) is 0. The predicted molar refractivity (Wildman–Crippen MR) is 104 cm³/mol. The van der Waals surface area contributed by atoms with Gasteiger partial charge in [0, 0.05) is 18.8 Å². The van der Waals surface area contributed by atoms with Crippen LogP contribution in [-0.2, 0) is 14.8 Å². The molecule has 0 fully saturated rings. The number of para-hydroxylation sites is 1. The zero-order valence-electron chi connectivity index (χ0n) is 15.3. The minimum atomic E-state index is -3.66. The molecule has 1 amide bonds. The Morgan fingerprint density at radius 2 is 1.67 bits per heavy atom. The molecule has 144 valence electrons. The molecule has 8 heteroatoms. The van der Waals surface area contributed by atoms with Gasteiger partial charge >= 0.3 is 0 Å². The zero-order valence-corrected chi connectivity index (χ0v) is 16.1. The average Bonchev–Trinajstić information content (AvgIpc) is 2.71. The Morgan fingerprint density at radius 3 is 2.33 bits per heavy atom. The molecule has 2 aromatic carbocycles. The fraction of sp³-hybridized carbons (Fsp3) is 0.316. The van der Waals surface area contributed by atoms with E-state index in [9.17, 15) is 13.2 Å². The summed E-state index contributed by atoms with van der Waals surface area (Å²) in [7, 11) is -2.04. The summed E-state index contributed by atoms with van der Waals surface area (Å²) in [6.45, 7) is 2.09. The molecule has 1 aliphatic heterocycles. The smallest absolute Gasteiger partial charge is 0.247 e. The molecule has 0 spiro atoms. The van der Waals surface area contributed by atoms with Gasteiger partial charge in [0.25, 0.3) is 0 Å². The first-order chi connectivity index (χ1) is 12.9. The largest absolute Gasteiger partial charge is 0.486 e. The molecule has 0 radical (unpaired) electrons. The van der Waals surface area contributed by atoms with Crippen LogP contribution in [0, 0.1) is 0 Å². The van der Waals surface area contributed by atoms with Crippen molar-refractivity contribution in [1.82, 2.24) is 0 Å². The zero-order chi connectivity index (χ0) is 19.4. The monoisotopic (exact) mass is 390 g/mol. The van der Waals surface area contributed by atoms with E-state index in [1.165, 1.54) is 4.90 Å². The van der Waals surface area contributed by atoms with Crippen molar-refractivity contribution in [1.29, 1.82) is 0 Å². The second kappa shape index (κ2) is 7.87. The Morgan fingerprint density at radius 1 is 1.00 bits per heavy atom. The number of carbonyl (C=O) groups excluding carboxylic acids is 1. The molecule has 1 aliphatic rings. The summed E-state index contributed by atoms with van der Waals surface area (Å²) in [6.07, 6.45) is 0. The molecule has 0 N–H and O–H groups in total. The molecular formula is C19H22N2O5S. The Kier molecular flexibility index (Phi) is 5.55. The van der Waals surface area contributed by atoms with E-state index >= 15 is 0 Å². The average molecular weight is 390 g/mol. The van der Waals surface area contributed by atoms with Gasteiger partial charge in [0.15, 0.2) is 11.5 Å². The molecule has 0 saturated carbocycles. The summed E-state index contributed by atoms with van der Waals surface area (Å²) in [5.41, 5.74) is 1.06.